The largest absolute Gasteiger partial charge is 0.468 e. The maximum atomic E-state index is 13.5. The number of hydrogen-bond acceptors (Lipinski definition) is 8. The lowest BCUT2D eigenvalue weighted by Crippen LogP contribution is -2.66. The van der Waals surface area contributed by atoms with Gasteiger partial charge in [0.05, 0.1) is 19.8 Å². The standard InChI is InChI=1S/C49H89NO8/c1-6-8-10-12-14-16-18-20-22-24-26-28-30-32-34-36-43(52)57-47(3)38-41-42(39-51)50-45(54)49(41,46(55)56-5)40-48(47,4)58-44(53)37-35-33-31-29-27-25-23-21-19-17-15-13-11-9-7-2/h41-42,51H,6-40H2,1-5H3,(H,50,54)/t41-,42+,47-,48+,49+/m0/s1. The van der Waals surface area contributed by atoms with Gasteiger partial charge in [-0.2, -0.15) is 0 Å². The molecule has 338 valence electrons. The van der Waals surface area contributed by atoms with E-state index in [2.05, 4.69) is 19.2 Å². The highest BCUT2D eigenvalue weighted by Crippen LogP contribution is 2.57. The number of rotatable bonds is 36. The van der Waals surface area contributed by atoms with Crippen LogP contribution >= 0.6 is 0 Å². The monoisotopic (exact) mass is 820 g/mol. The Kier molecular flexibility index (Phi) is 26.9. The molecule has 1 aliphatic heterocycles. The summed E-state index contributed by atoms with van der Waals surface area (Å²) in [6.45, 7) is 7.57. The average Bonchev–Trinajstić information content (AvgIpc) is 3.46. The summed E-state index contributed by atoms with van der Waals surface area (Å²) in [6, 6.07) is -0.722. The molecule has 0 aromatic heterocycles. The third-order valence-corrected chi connectivity index (χ3v) is 13.6. The van der Waals surface area contributed by atoms with Gasteiger partial charge in [0.1, 0.15) is 5.60 Å². The van der Waals surface area contributed by atoms with Gasteiger partial charge in [-0.3, -0.25) is 19.2 Å². The molecule has 9 nitrogen and oxygen atoms in total. The van der Waals surface area contributed by atoms with E-state index in [9.17, 15) is 24.3 Å². The number of nitrogens with one attached hydrogen (secondary N) is 1. The second-order valence-corrected chi connectivity index (χ2v) is 18.5. The minimum absolute atomic E-state index is 0.0550. The molecule has 0 aromatic rings. The van der Waals surface area contributed by atoms with Crippen LogP contribution in [0, 0.1) is 11.3 Å². The third-order valence-electron chi connectivity index (χ3n) is 13.6. The first-order valence-corrected chi connectivity index (χ1v) is 24.5. The van der Waals surface area contributed by atoms with E-state index in [1.165, 1.54) is 148 Å². The molecule has 0 unspecified atom stereocenters. The van der Waals surface area contributed by atoms with Crippen LogP contribution < -0.4 is 5.32 Å². The molecule has 9 heteroatoms. The minimum Gasteiger partial charge on any atom is -0.468 e. The van der Waals surface area contributed by atoms with Crippen LogP contribution in [0.3, 0.4) is 0 Å². The Balaban J connectivity index is 1.83. The number of amides is 1. The zero-order valence-corrected chi connectivity index (χ0v) is 38.2. The van der Waals surface area contributed by atoms with Crippen LogP contribution in [0.2, 0.25) is 0 Å². The molecule has 1 amide bonds. The lowest BCUT2D eigenvalue weighted by atomic mass is 9.56. The number of aliphatic hydroxyl groups excluding tert-OH is 1. The van der Waals surface area contributed by atoms with Crippen LogP contribution in [-0.4, -0.2) is 59.9 Å². The van der Waals surface area contributed by atoms with E-state index in [1.54, 1.807) is 13.8 Å². The Labute approximate surface area is 355 Å². The number of unbranched alkanes of at least 4 members (excludes halogenated alkanes) is 28. The van der Waals surface area contributed by atoms with Crippen molar-refractivity contribution in [2.24, 2.45) is 11.3 Å². The maximum absolute atomic E-state index is 13.5. The summed E-state index contributed by atoms with van der Waals surface area (Å²) in [5, 5.41) is 13.0. The minimum atomic E-state index is -1.67. The van der Waals surface area contributed by atoms with Crippen molar-refractivity contribution in [1.82, 2.24) is 5.32 Å². The van der Waals surface area contributed by atoms with E-state index in [0.29, 0.717) is 12.8 Å². The fourth-order valence-corrected chi connectivity index (χ4v) is 9.64. The molecule has 0 radical (unpaired) electrons. The van der Waals surface area contributed by atoms with Gasteiger partial charge >= 0.3 is 17.9 Å². The van der Waals surface area contributed by atoms with Gasteiger partial charge in [-0.1, -0.05) is 194 Å². The van der Waals surface area contributed by atoms with Crippen molar-refractivity contribution in [3.8, 4) is 0 Å². The Morgan fingerprint density at radius 2 is 0.897 bits per heavy atom. The van der Waals surface area contributed by atoms with E-state index in [1.807, 2.05) is 0 Å². The summed E-state index contributed by atoms with van der Waals surface area (Å²) in [6.07, 6.45) is 37.3. The quantitative estimate of drug-likeness (QED) is 0.0277. The Morgan fingerprint density at radius 1 is 0.569 bits per heavy atom. The van der Waals surface area contributed by atoms with Crippen molar-refractivity contribution >= 4 is 23.8 Å². The van der Waals surface area contributed by atoms with Gasteiger partial charge in [0.15, 0.2) is 11.0 Å². The predicted octanol–water partition coefficient (Wildman–Crippen LogP) is 12.2. The summed E-state index contributed by atoms with van der Waals surface area (Å²) in [5.74, 6) is -2.81. The van der Waals surface area contributed by atoms with Crippen molar-refractivity contribution in [2.75, 3.05) is 13.7 Å². The molecule has 2 N–H and O–H groups in total. The topological polar surface area (TPSA) is 128 Å². The van der Waals surface area contributed by atoms with E-state index < -0.39 is 46.4 Å². The highest BCUT2D eigenvalue weighted by Gasteiger charge is 2.72. The first-order chi connectivity index (χ1) is 28.0. The molecule has 5 atom stereocenters. The third kappa shape index (κ3) is 17.8. The second kappa shape index (κ2) is 30.0. The highest BCUT2D eigenvalue weighted by atomic mass is 16.6. The van der Waals surface area contributed by atoms with Crippen LogP contribution in [0.15, 0.2) is 0 Å². The predicted molar refractivity (Wildman–Crippen MR) is 234 cm³/mol. The number of esters is 3. The number of ether oxygens (including phenoxy) is 3. The summed E-state index contributed by atoms with van der Waals surface area (Å²) in [4.78, 5) is 53.9. The Bertz CT molecular complexity index is 1150. The van der Waals surface area contributed by atoms with Crippen LogP contribution in [-0.2, 0) is 33.4 Å². The molecular weight excluding hydrogens is 731 g/mol. The zero-order valence-electron chi connectivity index (χ0n) is 38.2. The Morgan fingerprint density at radius 3 is 1.22 bits per heavy atom. The van der Waals surface area contributed by atoms with Gasteiger partial charge in [0, 0.05) is 25.2 Å². The van der Waals surface area contributed by atoms with Gasteiger partial charge < -0.3 is 24.6 Å². The van der Waals surface area contributed by atoms with E-state index in [-0.39, 0.29) is 38.3 Å². The lowest BCUT2D eigenvalue weighted by molar-refractivity contribution is -0.237. The molecule has 1 aliphatic carbocycles. The second-order valence-electron chi connectivity index (χ2n) is 18.5. The van der Waals surface area contributed by atoms with E-state index in [4.69, 9.17) is 14.2 Å². The Hall–Kier alpha value is -2.16. The van der Waals surface area contributed by atoms with Crippen molar-refractivity contribution in [3.63, 3.8) is 0 Å². The lowest BCUT2D eigenvalue weighted by Gasteiger charge is -2.54. The molecule has 1 saturated heterocycles. The molecule has 2 aliphatic rings. The van der Waals surface area contributed by atoms with Crippen LogP contribution in [0.4, 0.5) is 0 Å². The fraction of sp³-hybridized carbons (Fsp3) is 0.918. The van der Waals surface area contributed by atoms with Crippen LogP contribution in [0.1, 0.15) is 246 Å². The highest BCUT2D eigenvalue weighted by molar-refractivity contribution is 6.05. The van der Waals surface area contributed by atoms with Gasteiger partial charge in [-0.25, -0.2) is 0 Å². The molecule has 2 fully saturated rings. The summed E-state index contributed by atoms with van der Waals surface area (Å²) in [5.41, 5.74) is -4.48. The smallest absolute Gasteiger partial charge is 0.321 e. The van der Waals surface area contributed by atoms with Gasteiger partial charge in [-0.15, -0.1) is 0 Å². The molecule has 0 spiro atoms. The number of aliphatic hydroxyl groups is 1. The van der Waals surface area contributed by atoms with Crippen molar-refractivity contribution in [1.29, 1.82) is 0 Å². The molecule has 58 heavy (non-hydrogen) atoms. The number of carbonyl (C=O) groups excluding carboxylic acids is 4. The summed E-state index contributed by atoms with van der Waals surface area (Å²) in [7, 11) is 1.23. The van der Waals surface area contributed by atoms with Gasteiger partial charge in [0.25, 0.3) is 0 Å². The van der Waals surface area contributed by atoms with E-state index in [0.717, 1.165) is 38.5 Å². The van der Waals surface area contributed by atoms with E-state index >= 15 is 0 Å². The number of carbonyl (C=O) groups is 4. The zero-order chi connectivity index (χ0) is 42.5. The first kappa shape index (κ1) is 52.0. The van der Waals surface area contributed by atoms with Crippen molar-refractivity contribution in [3.05, 3.63) is 0 Å². The average molecular weight is 820 g/mol. The molecular formula is C49H89NO8. The van der Waals surface area contributed by atoms with Crippen LogP contribution in [0.5, 0.6) is 0 Å². The van der Waals surface area contributed by atoms with Gasteiger partial charge in [-0.05, 0) is 33.1 Å². The number of methoxy groups -OCH3 is 1. The summed E-state index contributed by atoms with van der Waals surface area (Å²) >= 11 is 0. The molecule has 0 bridgehead atoms. The first-order valence-electron chi connectivity index (χ1n) is 24.5. The normalized spacial score (nSPS) is 24.0. The number of hydrogen-bond donors (Lipinski definition) is 2. The molecule has 0 aromatic carbocycles. The van der Waals surface area contributed by atoms with Gasteiger partial charge in [0.2, 0.25) is 5.91 Å². The number of fused-ring (bicyclic) bond motifs is 1. The maximum Gasteiger partial charge on any atom is 0.321 e. The molecule has 2 rings (SSSR count). The van der Waals surface area contributed by atoms with Crippen LogP contribution in [0.25, 0.3) is 0 Å². The summed E-state index contributed by atoms with van der Waals surface area (Å²) < 4.78 is 17.6. The fourth-order valence-electron chi connectivity index (χ4n) is 9.64. The van der Waals surface area contributed by atoms with Crippen molar-refractivity contribution in [2.45, 2.75) is 263 Å². The molecule has 1 saturated carbocycles. The van der Waals surface area contributed by atoms with Crippen molar-refractivity contribution < 1.29 is 38.5 Å². The molecule has 1 heterocycles. The SMILES string of the molecule is CCCCCCCCCCCCCCCCCC(=O)O[C@]1(C)C[C@]2(C(=O)OC)C(=O)N[C@H](CO)[C@@H]2C[C@]1(C)OC(=O)CCCCCCCCCCCCCCCCC.